The molecule has 9 heteroatoms. The third kappa shape index (κ3) is 12.1. The predicted octanol–water partition coefficient (Wildman–Crippen LogP) is 4.76. The number of carbonyl (C=O) groups is 2. The second-order valence-corrected chi connectivity index (χ2v) is 15.7. The van der Waals surface area contributed by atoms with Crippen LogP contribution in [-0.4, -0.2) is 82.2 Å². The van der Waals surface area contributed by atoms with E-state index in [2.05, 4.69) is 92.9 Å². The molecule has 0 aliphatic rings. The number of ether oxygens (including phenoxy) is 5. The summed E-state index contributed by atoms with van der Waals surface area (Å²) in [6.07, 6.45) is 3.88. The molecule has 0 aliphatic carbocycles. The molecule has 0 spiro atoms. The molecule has 3 rings (SSSR count). The van der Waals surface area contributed by atoms with E-state index in [0.717, 1.165) is 12.2 Å². The molecule has 260 valence electrons. The summed E-state index contributed by atoms with van der Waals surface area (Å²) in [4.78, 5) is 22.7. The molecule has 8 nitrogen and oxygen atoms in total. The van der Waals surface area contributed by atoms with E-state index in [0.29, 0.717) is 58.5 Å². The average Bonchev–Trinajstić information content (AvgIpc) is 3.13. The van der Waals surface area contributed by atoms with Crippen molar-refractivity contribution in [3.05, 3.63) is 116 Å². The summed E-state index contributed by atoms with van der Waals surface area (Å²) in [5.41, 5.74) is -0.484. The number of carbonyl (C=O) groups excluding carboxylic acids is 2. The third-order valence-electron chi connectivity index (χ3n) is 8.31. The van der Waals surface area contributed by atoms with Gasteiger partial charge in [0.05, 0.1) is 0 Å². The van der Waals surface area contributed by atoms with Crippen molar-refractivity contribution in [2.75, 3.05) is 59.0 Å². The van der Waals surface area contributed by atoms with Gasteiger partial charge >= 0.3 is 252 Å². The minimum absolute atomic E-state index is 0.151. The van der Waals surface area contributed by atoms with Crippen molar-refractivity contribution in [2.24, 2.45) is 5.41 Å². The third-order valence-corrected chi connectivity index (χ3v) is 13.4. The molecule has 3 aromatic carbocycles. The van der Waals surface area contributed by atoms with Gasteiger partial charge < -0.3 is 0 Å². The van der Waals surface area contributed by atoms with Crippen molar-refractivity contribution < 1.29 is 38.4 Å². The van der Waals surface area contributed by atoms with Gasteiger partial charge in [-0.2, -0.15) is 0 Å². The van der Waals surface area contributed by atoms with Crippen molar-refractivity contribution in [2.45, 2.75) is 32.3 Å². The molecule has 0 saturated heterocycles. The van der Waals surface area contributed by atoms with E-state index in [9.17, 15) is 14.7 Å². The van der Waals surface area contributed by atoms with E-state index in [4.69, 9.17) is 23.7 Å². The summed E-state index contributed by atoms with van der Waals surface area (Å²) in [5, 5.41) is 15.3. The van der Waals surface area contributed by atoms with Gasteiger partial charge in [0.25, 0.3) is 0 Å². The van der Waals surface area contributed by atoms with Gasteiger partial charge in [0, 0.05) is 12.2 Å². The van der Waals surface area contributed by atoms with Gasteiger partial charge in [-0.25, -0.2) is 9.59 Å². The fourth-order valence-electron chi connectivity index (χ4n) is 5.64. The van der Waals surface area contributed by atoms with E-state index in [1.54, 1.807) is 0 Å². The Morgan fingerprint density at radius 3 is 1.46 bits per heavy atom. The molecule has 0 aromatic heterocycles. The van der Waals surface area contributed by atoms with Gasteiger partial charge in [-0.1, -0.05) is 13.2 Å². The summed E-state index contributed by atoms with van der Waals surface area (Å²) in [7, 11) is -2.64. The molecular weight excluding hydrogens is 627 g/mol. The number of hydrogen-bond acceptors (Lipinski definition) is 8. The van der Waals surface area contributed by atoms with Crippen LogP contribution in [0.2, 0.25) is 0 Å². The zero-order chi connectivity index (χ0) is 34.5. The second-order valence-electron chi connectivity index (χ2n) is 11.8. The van der Waals surface area contributed by atoms with Crippen LogP contribution >= 0.6 is 7.26 Å². The molecule has 1 atom stereocenters. The number of rotatable bonds is 24. The SMILES string of the molecule is C=CC(=O)OCCCOCC(CC)(COCCCOC(=O)C=C)COCC(O)C[PH](c1ccccc1)(c1ccccc1)c1ccccc1. The van der Waals surface area contributed by atoms with Crippen molar-refractivity contribution in [3.63, 3.8) is 0 Å². The van der Waals surface area contributed by atoms with Crippen molar-refractivity contribution in [3.8, 4) is 0 Å². The zero-order valence-electron chi connectivity index (χ0n) is 28.1. The Kier molecular flexibility index (Phi) is 17.3. The number of benzene rings is 3. The molecule has 0 bridgehead atoms. The van der Waals surface area contributed by atoms with E-state index in [1.165, 1.54) is 15.9 Å². The van der Waals surface area contributed by atoms with Crippen LogP contribution in [0.15, 0.2) is 116 Å². The fourth-order valence-corrected chi connectivity index (χ4v) is 10.5. The molecule has 0 saturated carbocycles. The molecule has 3 aromatic rings. The molecule has 0 aliphatic heterocycles. The number of esters is 2. The molecule has 0 fully saturated rings. The maximum atomic E-state index is 11.7. The van der Waals surface area contributed by atoms with Crippen molar-refractivity contribution in [1.29, 1.82) is 0 Å². The quantitative estimate of drug-likeness (QED) is 0.0627. The number of aliphatic hydroxyl groups excluding tert-OH is 1. The van der Waals surface area contributed by atoms with Gasteiger partial charge in [0.15, 0.2) is 0 Å². The topological polar surface area (TPSA) is 101 Å². The zero-order valence-corrected chi connectivity index (χ0v) is 29.1. The molecule has 0 radical (unpaired) electrons. The Balaban J connectivity index is 1.71. The van der Waals surface area contributed by atoms with Crippen molar-refractivity contribution in [1.82, 2.24) is 0 Å². The summed E-state index contributed by atoms with van der Waals surface area (Å²) in [6.45, 7) is 11.3. The average molecular weight is 679 g/mol. The minimum atomic E-state index is -2.64. The predicted molar refractivity (Wildman–Crippen MR) is 194 cm³/mol. The standard InChI is InChI=1S/C39H51O8P/c1-4-37(41)46-26-16-24-43-30-39(6-3,31-44-25-17-27-47-38(42)5-2)32-45-28-33(40)29-48(34-18-10-7-11-19-34,35-20-12-8-13-21-35)36-22-14-9-15-23-36/h4-5,7-15,18-23,33,40,48H,1-2,6,16-17,24-32H2,3H3. The fraction of sp³-hybridized carbons (Fsp3) is 0.385. The monoisotopic (exact) mass is 678 g/mol. The molecule has 1 N–H and O–H groups in total. The van der Waals surface area contributed by atoms with Crippen LogP contribution in [0.3, 0.4) is 0 Å². The molecular formula is C39H51O8P. The first-order valence-corrected chi connectivity index (χ1v) is 18.8. The van der Waals surface area contributed by atoms with Crippen LogP contribution < -0.4 is 15.9 Å². The van der Waals surface area contributed by atoms with Crippen LogP contribution in [0.1, 0.15) is 26.2 Å². The van der Waals surface area contributed by atoms with Gasteiger partial charge in [0.2, 0.25) is 0 Å². The van der Waals surface area contributed by atoms with Crippen LogP contribution in [0.25, 0.3) is 0 Å². The van der Waals surface area contributed by atoms with E-state index < -0.39 is 30.7 Å². The number of aliphatic hydroxyl groups is 1. The summed E-state index contributed by atoms with van der Waals surface area (Å²) in [5.74, 6) is -0.924. The molecule has 0 heterocycles. The van der Waals surface area contributed by atoms with E-state index in [-0.39, 0.29) is 19.8 Å². The first-order valence-electron chi connectivity index (χ1n) is 16.6. The second kappa shape index (κ2) is 21.3. The first-order chi connectivity index (χ1) is 23.4. The Hall–Kier alpha value is -3.65. The Labute approximate surface area is 286 Å². The van der Waals surface area contributed by atoms with Gasteiger partial charge in [0.1, 0.15) is 0 Å². The Bertz CT molecular complexity index is 1240. The summed E-state index contributed by atoms with van der Waals surface area (Å²) < 4.78 is 28.5. The normalized spacial score (nSPS) is 12.5. The van der Waals surface area contributed by atoms with Crippen molar-refractivity contribution >= 4 is 35.1 Å². The van der Waals surface area contributed by atoms with Gasteiger partial charge in [-0.15, -0.1) is 0 Å². The molecule has 0 amide bonds. The van der Waals surface area contributed by atoms with Crippen LogP contribution in [0.5, 0.6) is 0 Å². The van der Waals surface area contributed by atoms with Crippen LogP contribution in [0, 0.1) is 5.41 Å². The summed E-state index contributed by atoms with van der Waals surface area (Å²) in [6, 6.07) is 31.5. The van der Waals surface area contributed by atoms with Gasteiger partial charge in [-0.3, -0.25) is 0 Å². The van der Waals surface area contributed by atoms with Gasteiger partial charge in [-0.05, 0) is 0 Å². The maximum absolute atomic E-state index is 11.7. The summed E-state index contributed by atoms with van der Waals surface area (Å²) >= 11 is 0. The van der Waals surface area contributed by atoms with Crippen LogP contribution in [-0.2, 0) is 33.3 Å². The Morgan fingerprint density at radius 2 is 1.08 bits per heavy atom. The van der Waals surface area contributed by atoms with E-state index in [1.807, 2.05) is 18.2 Å². The first kappa shape index (κ1) is 38.8. The Morgan fingerprint density at radius 1 is 0.688 bits per heavy atom. The molecule has 1 unspecified atom stereocenters. The van der Waals surface area contributed by atoms with Crippen LogP contribution in [0.4, 0.5) is 0 Å². The van der Waals surface area contributed by atoms with E-state index >= 15 is 0 Å². The number of hydrogen-bond donors (Lipinski definition) is 1. The molecule has 48 heavy (non-hydrogen) atoms.